The maximum Gasteiger partial charge on any atom is 0.338 e. The van der Waals surface area contributed by atoms with Crippen LogP contribution < -0.4 is 10.6 Å². The summed E-state index contributed by atoms with van der Waals surface area (Å²) in [5, 5.41) is 5.22. The van der Waals surface area contributed by atoms with Gasteiger partial charge >= 0.3 is 18.0 Å². The van der Waals surface area contributed by atoms with Gasteiger partial charge in [-0.05, 0) is 44.9 Å². The number of carbonyl (C=O) groups excluding carboxylic acids is 3. The smallest absolute Gasteiger partial charge is 0.338 e. The molecule has 1 heterocycles. The molecule has 0 unspecified atom stereocenters. The van der Waals surface area contributed by atoms with Crippen LogP contribution in [0, 0.1) is 0 Å². The second-order valence-corrected chi connectivity index (χ2v) is 6.80. The summed E-state index contributed by atoms with van der Waals surface area (Å²) in [5.41, 5.74) is 1.81. The van der Waals surface area contributed by atoms with Crippen molar-refractivity contribution < 1.29 is 28.6 Å². The van der Waals surface area contributed by atoms with E-state index in [1.54, 1.807) is 31.2 Å². The van der Waals surface area contributed by atoms with Crippen LogP contribution in [0.15, 0.2) is 35.5 Å². The summed E-state index contributed by atoms with van der Waals surface area (Å²) in [4.78, 5) is 36.6. The van der Waals surface area contributed by atoms with Gasteiger partial charge in [-0.3, -0.25) is 0 Å². The fourth-order valence-electron chi connectivity index (χ4n) is 2.80. The lowest BCUT2D eigenvalue weighted by molar-refractivity contribution is -0.139. The minimum atomic E-state index is -0.558. The molecule has 0 radical (unpaired) electrons. The van der Waals surface area contributed by atoms with Crippen LogP contribution in [0.25, 0.3) is 0 Å². The van der Waals surface area contributed by atoms with E-state index in [0.29, 0.717) is 18.6 Å². The molecule has 8 heteroatoms. The molecule has 0 fully saturated rings. The number of rotatable bonds is 9. The molecule has 1 aliphatic heterocycles. The Labute approximate surface area is 170 Å². The van der Waals surface area contributed by atoms with Crippen molar-refractivity contribution in [1.82, 2.24) is 10.6 Å². The molecule has 29 heavy (non-hydrogen) atoms. The third-order valence-corrected chi connectivity index (χ3v) is 4.27. The fourth-order valence-corrected chi connectivity index (χ4v) is 2.80. The van der Waals surface area contributed by atoms with E-state index in [1.165, 1.54) is 0 Å². The highest BCUT2D eigenvalue weighted by Crippen LogP contribution is 2.18. The summed E-state index contributed by atoms with van der Waals surface area (Å²) in [5.74, 6) is -1.11. The van der Waals surface area contributed by atoms with Crippen LogP contribution in [-0.2, 0) is 25.6 Å². The Balaban J connectivity index is 2.09. The molecule has 158 valence electrons. The predicted molar refractivity (Wildman–Crippen MR) is 106 cm³/mol. The summed E-state index contributed by atoms with van der Waals surface area (Å²) < 4.78 is 15.9. The fraction of sp³-hybridized carbons (Fsp3) is 0.476. The lowest BCUT2D eigenvalue weighted by atomic mass is 10.0. The predicted octanol–water partition coefficient (Wildman–Crippen LogP) is 2.68. The molecule has 1 aromatic carbocycles. The third-order valence-electron chi connectivity index (χ3n) is 4.27. The van der Waals surface area contributed by atoms with Crippen LogP contribution in [0.5, 0.6) is 0 Å². The van der Waals surface area contributed by atoms with Crippen LogP contribution in [0.2, 0.25) is 0 Å². The standard InChI is InChI=1S/C21H28N2O6/c1-5-16-18(20(25)27-6-2)17(23-21(26)22-16)12-29-19(24)15-9-7-14(8-10-15)11-28-13(3)4/h7-10,13,16H,5-6,11-12H2,1-4H3,(H2,22,23,26)/t16-/m1/s1. The van der Waals surface area contributed by atoms with Crippen molar-refractivity contribution in [2.75, 3.05) is 13.2 Å². The average Bonchev–Trinajstić information content (AvgIpc) is 2.70. The number of esters is 2. The van der Waals surface area contributed by atoms with Gasteiger partial charge in [0.05, 0.1) is 42.2 Å². The van der Waals surface area contributed by atoms with Crippen molar-refractivity contribution in [1.29, 1.82) is 0 Å². The quantitative estimate of drug-likeness (QED) is 0.614. The van der Waals surface area contributed by atoms with E-state index in [0.717, 1.165) is 5.56 Å². The number of amides is 2. The Bertz CT molecular complexity index is 770. The summed E-state index contributed by atoms with van der Waals surface area (Å²) >= 11 is 0. The molecule has 1 aromatic rings. The molecule has 0 aliphatic carbocycles. The minimum Gasteiger partial charge on any atom is -0.463 e. The second-order valence-electron chi connectivity index (χ2n) is 6.80. The van der Waals surface area contributed by atoms with Crippen LogP contribution >= 0.6 is 0 Å². The summed E-state index contributed by atoms with van der Waals surface area (Å²) in [7, 11) is 0. The van der Waals surface area contributed by atoms with Gasteiger partial charge in [-0.15, -0.1) is 0 Å². The number of nitrogens with one attached hydrogen (secondary N) is 2. The number of urea groups is 1. The number of hydrogen-bond acceptors (Lipinski definition) is 6. The van der Waals surface area contributed by atoms with Gasteiger partial charge in [0, 0.05) is 0 Å². The van der Waals surface area contributed by atoms with E-state index in [4.69, 9.17) is 14.2 Å². The zero-order chi connectivity index (χ0) is 21.4. The van der Waals surface area contributed by atoms with Gasteiger partial charge in [0.25, 0.3) is 0 Å². The SMILES string of the molecule is CCOC(=O)C1=C(COC(=O)c2ccc(COC(C)C)cc2)NC(=O)N[C@@H]1CC. The van der Waals surface area contributed by atoms with Gasteiger partial charge < -0.3 is 24.8 Å². The van der Waals surface area contributed by atoms with E-state index in [-0.39, 0.29) is 30.6 Å². The zero-order valence-corrected chi connectivity index (χ0v) is 17.2. The van der Waals surface area contributed by atoms with Gasteiger partial charge in [-0.2, -0.15) is 0 Å². The maximum absolute atomic E-state index is 12.4. The van der Waals surface area contributed by atoms with Gasteiger partial charge in [0.2, 0.25) is 0 Å². The minimum absolute atomic E-state index is 0.119. The molecule has 0 saturated carbocycles. The number of hydrogen-bond donors (Lipinski definition) is 2. The van der Waals surface area contributed by atoms with E-state index >= 15 is 0 Å². The molecule has 2 N–H and O–H groups in total. The van der Waals surface area contributed by atoms with Crippen LogP contribution in [-0.4, -0.2) is 43.3 Å². The van der Waals surface area contributed by atoms with Crippen molar-refractivity contribution >= 4 is 18.0 Å². The Morgan fingerprint density at radius 3 is 2.31 bits per heavy atom. The van der Waals surface area contributed by atoms with Crippen molar-refractivity contribution in [3.8, 4) is 0 Å². The third kappa shape index (κ3) is 6.32. The molecule has 2 amide bonds. The number of ether oxygens (including phenoxy) is 3. The highest BCUT2D eigenvalue weighted by atomic mass is 16.5. The van der Waals surface area contributed by atoms with E-state index < -0.39 is 24.0 Å². The molecule has 2 rings (SSSR count). The molecule has 1 atom stereocenters. The van der Waals surface area contributed by atoms with E-state index in [1.807, 2.05) is 20.8 Å². The maximum atomic E-state index is 12.4. The lowest BCUT2D eigenvalue weighted by Gasteiger charge is -2.28. The first-order valence-electron chi connectivity index (χ1n) is 9.71. The highest BCUT2D eigenvalue weighted by Gasteiger charge is 2.32. The molecular weight excluding hydrogens is 376 g/mol. The average molecular weight is 404 g/mol. The number of benzene rings is 1. The first kappa shape index (κ1) is 22.4. The summed E-state index contributed by atoms with van der Waals surface area (Å²) in [6.07, 6.45) is 0.618. The van der Waals surface area contributed by atoms with E-state index in [9.17, 15) is 14.4 Å². The monoisotopic (exact) mass is 404 g/mol. The van der Waals surface area contributed by atoms with Gasteiger partial charge in [-0.1, -0.05) is 19.1 Å². The van der Waals surface area contributed by atoms with Crippen LogP contribution in [0.4, 0.5) is 4.79 Å². The topological polar surface area (TPSA) is 103 Å². The highest BCUT2D eigenvalue weighted by molar-refractivity contribution is 5.95. The Morgan fingerprint density at radius 2 is 1.72 bits per heavy atom. The van der Waals surface area contributed by atoms with Crippen molar-refractivity contribution in [2.45, 2.75) is 52.9 Å². The molecule has 0 bridgehead atoms. The molecule has 1 aliphatic rings. The van der Waals surface area contributed by atoms with Crippen molar-refractivity contribution in [3.05, 3.63) is 46.7 Å². The van der Waals surface area contributed by atoms with Gasteiger partial charge in [0.1, 0.15) is 6.61 Å². The normalized spacial score (nSPS) is 16.3. The molecule has 0 saturated heterocycles. The van der Waals surface area contributed by atoms with E-state index in [2.05, 4.69) is 10.6 Å². The molecule has 0 spiro atoms. The van der Waals surface area contributed by atoms with Crippen LogP contribution in [0.3, 0.4) is 0 Å². The first-order chi connectivity index (χ1) is 13.8. The lowest BCUT2D eigenvalue weighted by Crippen LogP contribution is -2.51. The second kappa shape index (κ2) is 10.6. The Kier molecular flexibility index (Phi) is 8.21. The summed E-state index contributed by atoms with van der Waals surface area (Å²) in [6, 6.07) is 5.93. The van der Waals surface area contributed by atoms with Gasteiger partial charge in [-0.25, -0.2) is 14.4 Å². The van der Waals surface area contributed by atoms with Gasteiger partial charge in [0.15, 0.2) is 0 Å². The number of carbonyl (C=O) groups is 3. The zero-order valence-electron chi connectivity index (χ0n) is 17.2. The Morgan fingerprint density at radius 1 is 1.03 bits per heavy atom. The first-order valence-corrected chi connectivity index (χ1v) is 9.71. The molecule has 8 nitrogen and oxygen atoms in total. The molecular formula is C21H28N2O6. The van der Waals surface area contributed by atoms with Crippen LogP contribution in [0.1, 0.15) is 50.0 Å². The largest absolute Gasteiger partial charge is 0.463 e. The Hall–Kier alpha value is -2.87. The van der Waals surface area contributed by atoms with Crippen molar-refractivity contribution in [3.63, 3.8) is 0 Å². The summed E-state index contributed by atoms with van der Waals surface area (Å²) in [6.45, 7) is 7.86. The molecule has 0 aromatic heterocycles. The van der Waals surface area contributed by atoms with Crippen molar-refractivity contribution in [2.24, 2.45) is 0 Å².